The molecule has 0 saturated carbocycles. The van der Waals surface area contributed by atoms with Crippen LogP contribution in [0.1, 0.15) is 54.4 Å². The summed E-state index contributed by atoms with van der Waals surface area (Å²) in [5.74, 6) is 0. The summed E-state index contributed by atoms with van der Waals surface area (Å²) in [5, 5.41) is 0. The van der Waals surface area contributed by atoms with E-state index in [0.29, 0.717) is 10.8 Å². The fourth-order valence-corrected chi connectivity index (χ4v) is 0.938. The minimum absolute atomic E-state index is 0. The summed E-state index contributed by atoms with van der Waals surface area (Å²) in [6.07, 6.45) is 4.87. The van der Waals surface area contributed by atoms with Crippen molar-refractivity contribution in [1.82, 2.24) is 0 Å². The topological polar surface area (TPSA) is 0 Å². The van der Waals surface area contributed by atoms with Gasteiger partial charge in [-0.3, -0.25) is 0 Å². The quantitative estimate of drug-likeness (QED) is 0.597. The predicted molar refractivity (Wildman–Crippen MR) is 61.0 cm³/mol. The van der Waals surface area contributed by atoms with Crippen LogP contribution in [0.2, 0.25) is 0 Å². The standard InChI is InChI=1S/C11H23.Ca.2H/c1-10(2,3)8-7-9-11(4,5)6;;;/h7H,8-9H2,1-6H3;;;. The maximum absolute atomic E-state index is 2.42. The molecule has 0 aliphatic heterocycles. The van der Waals surface area contributed by atoms with Gasteiger partial charge in [0.15, 0.2) is 0 Å². The van der Waals surface area contributed by atoms with E-state index in [1.807, 2.05) is 0 Å². The first-order chi connectivity index (χ1) is 4.71. The molecule has 71 valence electrons. The molecule has 12 heavy (non-hydrogen) atoms. The van der Waals surface area contributed by atoms with E-state index in [-0.39, 0.29) is 37.7 Å². The van der Waals surface area contributed by atoms with Crippen LogP contribution in [-0.4, -0.2) is 37.7 Å². The molecule has 0 aliphatic rings. The Morgan fingerprint density at radius 1 is 0.750 bits per heavy atom. The summed E-state index contributed by atoms with van der Waals surface area (Å²) in [6, 6.07) is 0. The van der Waals surface area contributed by atoms with Crippen LogP contribution in [0.25, 0.3) is 0 Å². The molecule has 0 aromatic heterocycles. The van der Waals surface area contributed by atoms with Gasteiger partial charge in [-0.1, -0.05) is 41.5 Å². The van der Waals surface area contributed by atoms with E-state index in [4.69, 9.17) is 0 Å². The van der Waals surface area contributed by atoms with Crippen LogP contribution in [0.5, 0.6) is 0 Å². The van der Waals surface area contributed by atoms with Crippen molar-refractivity contribution in [2.24, 2.45) is 10.8 Å². The van der Waals surface area contributed by atoms with Crippen LogP contribution in [0, 0.1) is 17.3 Å². The van der Waals surface area contributed by atoms with E-state index in [2.05, 4.69) is 48.0 Å². The Balaban J connectivity index is 0. The SMILES string of the molecule is CC(C)(C)C[CH]CC(C)(C)C.[CaH2]. The van der Waals surface area contributed by atoms with E-state index >= 15 is 0 Å². The van der Waals surface area contributed by atoms with Crippen molar-refractivity contribution >= 4 is 37.7 Å². The van der Waals surface area contributed by atoms with Crippen molar-refractivity contribution in [3.05, 3.63) is 6.42 Å². The Labute approximate surface area is 109 Å². The molecule has 0 aromatic carbocycles. The molecular weight excluding hydrogens is 172 g/mol. The molecule has 0 heterocycles. The molecule has 1 heteroatoms. The van der Waals surface area contributed by atoms with Gasteiger partial charge in [0.1, 0.15) is 0 Å². The third-order valence-corrected chi connectivity index (χ3v) is 1.51. The Bertz CT molecular complexity index is 89.2. The van der Waals surface area contributed by atoms with Crippen LogP contribution < -0.4 is 0 Å². The Kier molecular flexibility index (Phi) is 7.70. The number of hydrogen-bond acceptors (Lipinski definition) is 0. The summed E-state index contributed by atoms with van der Waals surface area (Å²) in [7, 11) is 0. The van der Waals surface area contributed by atoms with Gasteiger partial charge in [0.2, 0.25) is 0 Å². The predicted octanol–water partition coefficient (Wildman–Crippen LogP) is 3.15. The Morgan fingerprint density at radius 3 is 1.17 bits per heavy atom. The van der Waals surface area contributed by atoms with E-state index in [1.165, 1.54) is 12.8 Å². The molecule has 0 aromatic rings. The summed E-state index contributed by atoms with van der Waals surface area (Å²) >= 11 is 0. The third kappa shape index (κ3) is 13.8. The van der Waals surface area contributed by atoms with Gasteiger partial charge < -0.3 is 0 Å². The maximum atomic E-state index is 2.42. The second kappa shape index (κ2) is 5.88. The van der Waals surface area contributed by atoms with Crippen molar-refractivity contribution in [2.75, 3.05) is 0 Å². The van der Waals surface area contributed by atoms with Gasteiger partial charge in [-0.25, -0.2) is 0 Å². The number of rotatable bonds is 2. The zero-order valence-corrected chi connectivity index (χ0v) is 8.99. The fraction of sp³-hybridized carbons (Fsp3) is 0.909. The fourth-order valence-electron chi connectivity index (χ4n) is 0.938. The normalized spacial score (nSPS) is 12.5. The number of hydrogen-bond donors (Lipinski definition) is 0. The first-order valence-corrected chi connectivity index (χ1v) is 4.52. The van der Waals surface area contributed by atoms with Crippen LogP contribution in [0.15, 0.2) is 0 Å². The summed E-state index contributed by atoms with van der Waals surface area (Å²) in [6.45, 7) is 13.7. The summed E-state index contributed by atoms with van der Waals surface area (Å²) in [5.41, 5.74) is 0.927. The molecule has 1 radical (unpaired) electrons. The van der Waals surface area contributed by atoms with Crippen LogP contribution in [-0.2, 0) is 0 Å². The molecule has 0 amide bonds. The van der Waals surface area contributed by atoms with Gasteiger partial charge in [0.25, 0.3) is 0 Å². The molecule has 0 atom stereocenters. The van der Waals surface area contributed by atoms with E-state index in [1.54, 1.807) is 0 Å². The molecule has 0 saturated heterocycles. The van der Waals surface area contributed by atoms with Crippen molar-refractivity contribution < 1.29 is 0 Å². The molecule has 0 N–H and O–H groups in total. The van der Waals surface area contributed by atoms with Crippen molar-refractivity contribution in [3.63, 3.8) is 0 Å². The van der Waals surface area contributed by atoms with Crippen molar-refractivity contribution in [3.8, 4) is 0 Å². The average molecular weight is 197 g/mol. The van der Waals surface area contributed by atoms with Crippen LogP contribution in [0.4, 0.5) is 0 Å². The van der Waals surface area contributed by atoms with Gasteiger partial charge in [-0.05, 0) is 30.1 Å². The second-order valence-corrected chi connectivity index (χ2v) is 5.82. The molecule has 0 unspecified atom stereocenters. The van der Waals surface area contributed by atoms with Crippen LogP contribution in [0.3, 0.4) is 0 Å². The molecule has 0 spiro atoms. The Hall–Kier alpha value is 1.26. The zero-order valence-electron chi connectivity index (χ0n) is 8.99. The summed E-state index contributed by atoms with van der Waals surface area (Å²) in [4.78, 5) is 0. The molecular formula is C11H25Ca. The average Bonchev–Trinajstić information content (AvgIpc) is 1.55. The van der Waals surface area contributed by atoms with E-state index < -0.39 is 0 Å². The van der Waals surface area contributed by atoms with Crippen molar-refractivity contribution in [2.45, 2.75) is 54.4 Å². The Morgan fingerprint density at radius 2 is 1.00 bits per heavy atom. The first-order valence-electron chi connectivity index (χ1n) is 4.52. The van der Waals surface area contributed by atoms with Gasteiger partial charge in [0.05, 0.1) is 0 Å². The minimum atomic E-state index is 0. The van der Waals surface area contributed by atoms with E-state index in [9.17, 15) is 0 Å². The van der Waals surface area contributed by atoms with Crippen LogP contribution >= 0.6 is 0 Å². The molecule has 0 bridgehead atoms. The monoisotopic (exact) mass is 197 g/mol. The molecule has 0 rings (SSSR count). The van der Waals surface area contributed by atoms with Gasteiger partial charge in [-0.2, -0.15) is 0 Å². The third-order valence-electron chi connectivity index (χ3n) is 1.51. The van der Waals surface area contributed by atoms with Crippen molar-refractivity contribution in [1.29, 1.82) is 0 Å². The molecule has 0 aliphatic carbocycles. The molecule has 0 nitrogen and oxygen atoms in total. The van der Waals surface area contributed by atoms with E-state index in [0.717, 1.165) is 0 Å². The van der Waals surface area contributed by atoms with Gasteiger partial charge >= 0.3 is 37.7 Å². The van der Waals surface area contributed by atoms with Gasteiger partial charge in [-0.15, -0.1) is 0 Å². The summed E-state index contributed by atoms with van der Waals surface area (Å²) < 4.78 is 0. The molecule has 0 fully saturated rings. The first kappa shape index (κ1) is 15.7. The zero-order chi connectivity index (χ0) is 9.12. The van der Waals surface area contributed by atoms with Gasteiger partial charge in [0, 0.05) is 0 Å². The second-order valence-electron chi connectivity index (χ2n) is 5.82.